The number of hydrogen-bond acceptors (Lipinski definition) is 5. The van der Waals surface area contributed by atoms with Crippen LogP contribution in [0.15, 0.2) is 6.07 Å². The van der Waals surface area contributed by atoms with Crippen LogP contribution >= 0.6 is 11.3 Å². The Labute approximate surface area is 125 Å². The molecule has 0 fully saturated rings. The number of aryl methyl sites for hydroxylation is 1. The Kier molecular flexibility index (Phi) is 4.48. The Balaban J connectivity index is 2.44. The van der Waals surface area contributed by atoms with Crippen LogP contribution in [0, 0.1) is 5.92 Å². The van der Waals surface area contributed by atoms with Crippen LogP contribution in [0.3, 0.4) is 0 Å². The SMILES string of the molecule is CCc1cc2c(N(C)C(C)CC(C)C)nc(N)nc2s1. The molecule has 0 bridgehead atoms. The number of nitrogens with zero attached hydrogens (tertiary/aromatic N) is 3. The highest BCUT2D eigenvalue weighted by atomic mass is 32.1. The van der Waals surface area contributed by atoms with E-state index in [4.69, 9.17) is 5.73 Å². The Morgan fingerprint density at radius 1 is 1.30 bits per heavy atom. The number of aromatic nitrogens is 2. The molecular formula is C15H24N4S. The molecule has 0 amide bonds. The van der Waals surface area contributed by atoms with E-state index < -0.39 is 0 Å². The predicted octanol–water partition coefficient (Wildman–Crippen LogP) is 3.71. The van der Waals surface area contributed by atoms with E-state index in [2.05, 4.69) is 55.7 Å². The van der Waals surface area contributed by atoms with E-state index in [1.54, 1.807) is 11.3 Å². The topological polar surface area (TPSA) is 55.0 Å². The quantitative estimate of drug-likeness (QED) is 0.912. The lowest BCUT2D eigenvalue weighted by atomic mass is 10.0. The monoisotopic (exact) mass is 292 g/mol. The molecule has 110 valence electrons. The largest absolute Gasteiger partial charge is 0.368 e. The van der Waals surface area contributed by atoms with Gasteiger partial charge in [-0.25, -0.2) is 4.98 Å². The maximum absolute atomic E-state index is 5.87. The molecule has 1 atom stereocenters. The van der Waals surface area contributed by atoms with Crippen LogP contribution in [0.5, 0.6) is 0 Å². The van der Waals surface area contributed by atoms with Crippen LogP contribution in [0.1, 0.15) is 39.0 Å². The molecular weight excluding hydrogens is 268 g/mol. The molecule has 2 rings (SSSR count). The molecule has 2 heterocycles. The summed E-state index contributed by atoms with van der Waals surface area (Å²) in [6.07, 6.45) is 2.15. The second-order valence-corrected chi connectivity index (χ2v) is 6.90. The molecule has 2 aromatic heterocycles. The van der Waals surface area contributed by atoms with Gasteiger partial charge in [0.25, 0.3) is 0 Å². The minimum atomic E-state index is 0.362. The Morgan fingerprint density at radius 3 is 2.60 bits per heavy atom. The summed E-state index contributed by atoms with van der Waals surface area (Å²) in [6, 6.07) is 2.63. The van der Waals surface area contributed by atoms with Crippen LogP contribution < -0.4 is 10.6 Å². The van der Waals surface area contributed by atoms with Crippen molar-refractivity contribution in [2.45, 2.75) is 46.6 Å². The van der Waals surface area contributed by atoms with Gasteiger partial charge < -0.3 is 10.6 Å². The zero-order chi connectivity index (χ0) is 14.9. The fourth-order valence-electron chi connectivity index (χ4n) is 2.46. The molecule has 1 unspecified atom stereocenters. The summed E-state index contributed by atoms with van der Waals surface area (Å²) in [5.74, 6) is 1.98. The van der Waals surface area contributed by atoms with Crippen molar-refractivity contribution in [2.75, 3.05) is 17.7 Å². The van der Waals surface area contributed by atoms with Gasteiger partial charge in [0.1, 0.15) is 10.6 Å². The molecule has 2 N–H and O–H groups in total. The maximum atomic E-state index is 5.87. The fourth-order valence-corrected chi connectivity index (χ4v) is 3.43. The third kappa shape index (κ3) is 3.03. The summed E-state index contributed by atoms with van der Waals surface area (Å²) in [6.45, 7) is 8.88. The zero-order valence-electron chi connectivity index (χ0n) is 13.0. The number of fused-ring (bicyclic) bond motifs is 1. The first-order valence-corrected chi connectivity index (χ1v) is 8.02. The minimum absolute atomic E-state index is 0.362. The summed E-state index contributed by atoms with van der Waals surface area (Å²) >= 11 is 1.71. The molecule has 0 spiro atoms. The van der Waals surface area contributed by atoms with E-state index in [-0.39, 0.29) is 0 Å². The number of nitrogen functional groups attached to an aromatic ring is 1. The van der Waals surface area contributed by atoms with Gasteiger partial charge in [-0.1, -0.05) is 20.8 Å². The van der Waals surface area contributed by atoms with Gasteiger partial charge >= 0.3 is 0 Å². The third-order valence-corrected chi connectivity index (χ3v) is 4.77. The summed E-state index contributed by atoms with van der Waals surface area (Å²) in [5.41, 5.74) is 5.87. The third-order valence-electron chi connectivity index (χ3n) is 3.60. The normalized spacial score (nSPS) is 13.1. The highest BCUT2D eigenvalue weighted by Gasteiger charge is 2.18. The van der Waals surface area contributed by atoms with Gasteiger partial charge in [0, 0.05) is 18.0 Å². The highest BCUT2D eigenvalue weighted by Crippen LogP contribution is 2.32. The number of nitrogens with two attached hydrogens (primary N) is 1. The highest BCUT2D eigenvalue weighted by molar-refractivity contribution is 7.18. The number of hydrogen-bond donors (Lipinski definition) is 1. The molecule has 20 heavy (non-hydrogen) atoms. The predicted molar refractivity (Wildman–Crippen MR) is 88.5 cm³/mol. The van der Waals surface area contributed by atoms with Gasteiger partial charge in [-0.05, 0) is 31.7 Å². The second kappa shape index (κ2) is 5.95. The van der Waals surface area contributed by atoms with Gasteiger partial charge in [-0.15, -0.1) is 11.3 Å². The van der Waals surface area contributed by atoms with Crippen molar-refractivity contribution in [3.63, 3.8) is 0 Å². The van der Waals surface area contributed by atoms with Crippen molar-refractivity contribution in [2.24, 2.45) is 5.92 Å². The van der Waals surface area contributed by atoms with Gasteiger partial charge in [0.2, 0.25) is 5.95 Å². The van der Waals surface area contributed by atoms with E-state index in [9.17, 15) is 0 Å². The summed E-state index contributed by atoms with van der Waals surface area (Å²) in [7, 11) is 2.09. The van der Waals surface area contributed by atoms with E-state index in [0.29, 0.717) is 17.9 Å². The van der Waals surface area contributed by atoms with E-state index in [1.807, 2.05) is 0 Å². The maximum Gasteiger partial charge on any atom is 0.223 e. The van der Waals surface area contributed by atoms with Crippen LogP contribution in [0.25, 0.3) is 10.2 Å². The smallest absolute Gasteiger partial charge is 0.223 e. The second-order valence-electron chi connectivity index (χ2n) is 5.78. The van der Waals surface area contributed by atoms with Crippen LogP contribution in [-0.4, -0.2) is 23.1 Å². The summed E-state index contributed by atoms with van der Waals surface area (Å²) < 4.78 is 0. The van der Waals surface area contributed by atoms with E-state index >= 15 is 0 Å². The van der Waals surface area contributed by atoms with E-state index in [0.717, 1.165) is 28.9 Å². The molecule has 0 aliphatic rings. The van der Waals surface area contributed by atoms with Crippen molar-refractivity contribution in [1.82, 2.24) is 9.97 Å². The molecule has 0 radical (unpaired) electrons. The van der Waals surface area contributed by atoms with E-state index in [1.165, 1.54) is 4.88 Å². The van der Waals surface area contributed by atoms with Crippen molar-refractivity contribution >= 4 is 33.3 Å². The molecule has 0 aromatic carbocycles. The number of rotatable bonds is 5. The van der Waals surface area contributed by atoms with Crippen LogP contribution in [0.2, 0.25) is 0 Å². The summed E-state index contributed by atoms with van der Waals surface area (Å²) in [4.78, 5) is 13.4. The average molecular weight is 292 g/mol. The van der Waals surface area contributed by atoms with Gasteiger partial charge in [-0.3, -0.25) is 0 Å². The first kappa shape index (κ1) is 15.0. The standard InChI is InChI=1S/C15H24N4S/c1-6-11-8-12-13(17-15(16)18-14(12)20-11)19(5)10(4)7-9(2)3/h8-10H,6-7H2,1-5H3,(H2,16,17,18). The number of thiophene rings is 1. The lowest BCUT2D eigenvalue weighted by Crippen LogP contribution is -2.31. The van der Waals surface area contributed by atoms with Gasteiger partial charge in [0.15, 0.2) is 0 Å². The lowest BCUT2D eigenvalue weighted by Gasteiger charge is -2.27. The van der Waals surface area contributed by atoms with Crippen molar-refractivity contribution in [3.05, 3.63) is 10.9 Å². The fraction of sp³-hybridized carbons (Fsp3) is 0.600. The first-order chi connectivity index (χ1) is 9.42. The molecule has 0 saturated heterocycles. The van der Waals surface area contributed by atoms with Gasteiger partial charge in [0.05, 0.1) is 5.39 Å². The Morgan fingerprint density at radius 2 is 2.00 bits per heavy atom. The Hall–Kier alpha value is -1.36. The zero-order valence-corrected chi connectivity index (χ0v) is 13.8. The van der Waals surface area contributed by atoms with Crippen molar-refractivity contribution in [3.8, 4) is 0 Å². The molecule has 2 aromatic rings. The summed E-state index contributed by atoms with van der Waals surface area (Å²) in [5, 5.41) is 1.12. The average Bonchev–Trinajstić information content (AvgIpc) is 2.78. The lowest BCUT2D eigenvalue weighted by molar-refractivity contribution is 0.503. The van der Waals surface area contributed by atoms with Gasteiger partial charge in [-0.2, -0.15) is 4.98 Å². The molecule has 0 aliphatic heterocycles. The minimum Gasteiger partial charge on any atom is -0.368 e. The Bertz CT molecular complexity index is 591. The van der Waals surface area contributed by atoms with Crippen molar-refractivity contribution < 1.29 is 0 Å². The number of anilines is 2. The van der Waals surface area contributed by atoms with Crippen LogP contribution in [-0.2, 0) is 6.42 Å². The first-order valence-electron chi connectivity index (χ1n) is 7.21. The molecule has 5 heteroatoms. The van der Waals surface area contributed by atoms with Crippen LogP contribution in [0.4, 0.5) is 11.8 Å². The van der Waals surface area contributed by atoms with Crippen molar-refractivity contribution in [1.29, 1.82) is 0 Å². The molecule has 4 nitrogen and oxygen atoms in total. The molecule has 0 saturated carbocycles. The molecule has 0 aliphatic carbocycles.